The number of aliphatic hydroxyl groups excluding tert-OH is 1. The van der Waals surface area contributed by atoms with Crippen LogP contribution in [0.25, 0.3) is 0 Å². The fourth-order valence-electron chi connectivity index (χ4n) is 2.00. The molecule has 0 bridgehead atoms. The highest BCUT2D eigenvalue weighted by molar-refractivity contribution is 5.12. The third-order valence-corrected chi connectivity index (χ3v) is 3.07. The van der Waals surface area contributed by atoms with Crippen LogP contribution in [0.3, 0.4) is 0 Å². The minimum absolute atomic E-state index is 0.348. The van der Waals surface area contributed by atoms with E-state index in [0.717, 1.165) is 37.1 Å². The average Bonchev–Trinajstić information content (AvgIpc) is 2.57. The third-order valence-electron chi connectivity index (χ3n) is 3.07. The summed E-state index contributed by atoms with van der Waals surface area (Å²) in [7, 11) is 1.90. The van der Waals surface area contributed by atoms with Crippen LogP contribution in [0.5, 0.6) is 0 Å². The first kappa shape index (κ1) is 14.2. The zero-order valence-electron chi connectivity index (χ0n) is 11.8. The van der Waals surface area contributed by atoms with E-state index in [1.54, 1.807) is 4.68 Å². The monoisotopic (exact) mass is 238 g/mol. The van der Waals surface area contributed by atoms with Crippen LogP contribution >= 0.6 is 0 Å². The first-order valence-electron chi connectivity index (χ1n) is 6.54. The van der Waals surface area contributed by atoms with Crippen LogP contribution in [0.2, 0.25) is 0 Å². The summed E-state index contributed by atoms with van der Waals surface area (Å²) in [6.07, 6.45) is 3.55. The predicted molar refractivity (Wildman–Crippen MR) is 70.9 cm³/mol. The number of hydrogen-bond donors (Lipinski definition) is 1. The number of aromatic nitrogens is 2. The van der Waals surface area contributed by atoms with Gasteiger partial charge in [-0.15, -0.1) is 0 Å². The molecule has 0 aliphatic carbocycles. The van der Waals surface area contributed by atoms with Crippen molar-refractivity contribution in [3.63, 3.8) is 0 Å². The Balaban J connectivity index is 2.52. The normalized spacial score (nSPS) is 14.0. The number of rotatable bonds is 5. The van der Waals surface area contributed by atoms with Crippen LogP contribution in [0.4, 0.5) is 0 Å². The van der Waals surface area contributed by atoms with Crippen molar-refractivity contribution in [3.05, 3.63) is 17.5 Å². The van der Waals surface area contributed by atoms with Gasteiger partial charge in [-0.25, -0.2) is 0 Å². The maximum atomic E-state index is 10.1. The van der Waals surface area contributed by atoms with Crippen LogP contribution < -0.4 is 0 Å². The second-order valence-electron chi connectivity index (χ2n) is 6.01. The number of hydrogen-bond acceptors (Lipinski definition) is 2. The number of aryl methyl sites for hydroxylation is 2. The van der Waals surface area contributed by atoms with E-state index < -0.39 is 0 Å². The molecular formula is C14H26N2O. The van der Waals surface area contributed by atoms with Crippen molar-refractivity contribution < 1.29 is 5.11 Å². The van der Waals surface area contributed by atoms with Crippen molar-refractivity contribution in [2.75, 3.05) is 0 Å². The minimum atomic E-state index is -0.379. The molecule has 0 fully saturated rings. The summed E-state index contributed by atoms with van der Waals surface area (Å²) in [5.41, 5.74) is 2.34. The molecule has 1 unspecified atom stereocenters. The first-order chi connectivity index (χ1) is 7.83. The quantitative estimate of drug-likeness (QED) is 0.855. The second-order valence-corrected chi connectivity index (χ2v) is 6.01. The average molecular weight is 238 g/mol. The van der Waals surface area contributed by atoms with E-state index in [2.05, 4.69) is 32.8 Å². The molecule has 3 heteroatoms. The van der Waals surface area contributed by atoms with E-state index in [4.69, 9.17) is 0 Å². The molecule has 1 N–H and O–H groups in total. The maximum absolute atomic E-state index is 10.1. The molecule has 0 radical (unpaired) electrons. The molecule has 0 spiro atoms. The van der Waals surface area contributed by atoms with Crippen molar-refractivity contribution >= 4 is 0 Å². The fourth-order valence-corrected chi connectivity index (χ4v) is 2.00. The zero-order valence-corrected chi connectivity index (χ0v) is 11.8. The van der Waals surface area contributed by atoms with Crippen molar-refractivity contribution in [1.29, 1.82) is 0 Å². The van der Waals surface area contributed by atoms with E-state index in [-0.39, 0.29) is 6.10 Å². The highest BCUT2D eigenvalue weighted by Gasteiger charge is 2.15. The lowest BCUT2D eigenvalue weighted by molar-refractivity contribution is 0.149. The Morgan fingerprint density at radius 1 is 1.41 bits per heavy atom. The van der Waals surface area contributed by atoms with Gasteiger partial charge in [0.1, 0.15) is 0 Å². The summed E-state index contributed by atoms with van der Waals surface area (Å²) in [5, 5.41) is 14.5. The summed E-state index contributed by atoms with van der Waals surface area (Å²) in [6, 6.07) is 2.02. The molecule has 0 amide bonds. The van der Waals surface area contributed by atoms with Crippen molar-refractivity contribution in [2.45, 2.75) is 59.5 Å². The fraction of sp³-hybridized carbons (Fsp3) is 0.786. The van der Waals surface area contributed by atoms with Gasteiger partial charge in [0.2, 0.25) is 0 Å². The van der Waals surface area contributed by atoms with Crippen molar-refractivity contribution in [3.8, 4) is 0 Å². The molecule has 1 aromatic heterocycles. The molecule has 1 atom stereocenters. The molecular weight excluding hydrogens is 212 g/mol. The summed E-state index contributed by atoms with van der Waals surface area (Å²) in [6.45, 7) is 8.79. The first-order valence-corrected chi connectivity index (χ1v) is 6.54. The minimum Gasteiger partial charge on any atom is -0.387 e. The van der Waals surface area contributed by atoms with Gasteiger partial charge < -0.3 is 5.11 Å². The largest absolute Gasteiger partial charge is 0.387 e. The molecule has 98 valence electrons. The van der Waals surface area contributed by atoms with Gasteiger partial charge in [-0.3, -0.25) is 4.68 Å². The highest BCUT2D eigenvalue weighted by Crippen LogP contribution is 2.26. The smallest absolute Gasteiger partial charge is 0.0956 e. The van der Waals surface area contributed by atoms with Crippen LogP contribution in [0, 0.1) is 5.41 Å². The zero-order chi connectivity index (χ0) is 13.1. The molecule has 1 rings (SSSR count). The Morgan fingerprint density at radius 2 is 2.06 bits per heavy atom. The van der Waals surface area contributed by atoms with Gasteiger partial charge >= 0.3 is 0 Å². The van der Waals surface area contributed by atoms with Gasteiger partial charge in [0.25, 0.3) is 0 Å². The Bertz CT molecular complexity index is 350. The van der Waals surface area contributed by atoms with E-state index in [1.165, 1.54) is 0 Å². The standard InChI is InChI=1S/C14H26N2O/c1-6-11-10-12(16(5)15-11)13(17)8-7-9-14(2,3)4/h10,13,17H,6-9H2,1-5H3. The van der Waals surface area contributed by atoms with Crippen LogP contribution in [0.1, 0.15) is 64.4 Å². The van der Waals surface area contributed by atoms with E-state index >= 15 is 0 Å². The van der Waals surface area contributed by atoms with Gasteiger partial charge in [-0.1, -0.05) is 27.7 Å². The Labute approximate surface area is 105 Å². The third kappa shape index (κ3) is 4.50. The SMILES string of the molecule is CCc1cc(C(O)CCCC(C)(C)C)n(C)n1. The van der Waals surface area contributed by atoms with Gasteiger partial charge in [-0.05, 0) is 37.2 Å². The van der Waals surface area contributed by atoms with Gasteiger partial charge in [-0.2, -0.15) is 5.10 Å². The molecule has 0 aliphatic rings. The maximum Gasteiger partial charge on any atom is 0.0956 e. The molecule has 17 heavy (non-hydrogen) atoms. The Hall–Kier alpha value is -0.830. The molecule has 1 aromatic rings. The van der Waals surface area contributed by atoms with E-state index in [9.17, 15) is 5.11 Å². The molecule has 0 aliphatic heterocycles. The summed E-state index contributed by atoms with van der Waals surface area (Å²) in [4.78, 5) is 0. The number of aliphatic hydroxyl groups is 1. The molecule has 0 aromatic carbocycles. The highest BCUT2D eigenvalue weighted by atomic mass is 16.3. The second kappa shape index (κ2) is 5.67. The van der Waals surface area contributed by atoms with Crippen LogP contribution in [0.15, 0.2) is 6.07 Å². The molecule has 0 saturated carbocycles. The lowest BCUT2D eigenvalue weighted by Crippen LogP contribution is -2.08. The molecule has 3 nitrogen and oxygen atoms in total. The lowest BCUT2D eigenvalue weighted by Gasteiger charge is -2.19. The summed E-state index contributed by atoms with van der Waals surface area (Å²) < 4.78 is 1.81. The lowest BCUT2D eigenvalue weighted by atomic mass is 9.89. The van der Waals surface area contributed by atoms with Gasteiger partial charge in [0.05, 0.1) is 17.5 Å². The molecule has 1 heterocycles. The predicted octanol–water partition coefficient (Wildman–Crippen LogP) is 3.23. The summed E-state index contributed by atoms with van der Waals surface area (Å²) in [5.74, 6) is 0. The molecule has 0 saturated heterocycles. The van der Waals surface area contributed by atoms with E-state index in [1.807, 2.05) is 13.1 Å². The van der Waals surface area contributed by atoms with Gasteiger partial charge in [0.15, 0.2) is 0 Å². The van der Waals surface area contributed by atoms with Crippen LogP contribution in [-0.2, 0) is 13.5 Å². The Kier molecular flexibility index (Phi) is 4.75. The number of nitrogens with zero attached hydrogens (tertiary/aromatic N) is 2. The van der Waals surface area contributed by atoms with Crippen LogP contribution in [-0.4, -0.2) is 14.9 Å². The topological polar surface area (TPSA) is 38.0 Å². The Morgan fingerprint density at radius 3 is 2.53 bits per heavy atom. The van der Waals surface area contributed by atoms with Crippen molar-refractivity contribution in [2.24, 2.45) is 12.5 Å². The van der Waals surface area contributed by atoms with Gasteiger partial charge in [0, 0.05) is 7.05 Å². The van der Waals surface area contributed by atoms with Crippen molar-refractivity contribution in [1.82, 2.24) is 9.78 Å². The van der Waals surface area contributed by atoms with E-state index in [0.29, 0.717) is 5.41 Å². The summed E-state index contributed by atoms with van der Waals surface area (Å²) >= 11 is 0.